The molecular weight excluding hydrogens is 391 g/mol. The van der Waals surface area contributed by atoms with Crippen LogP contribution in [0, 0.1) is 0 Å². The topological polar surface area (TPSA) is 27.7 Å². The average Bonchev–Trinajstić information content (AvgIpc) is 2.82. The number of hydrogen-bond acceptors (Lipinski definition) is 3. The van der Waals surface area contributed by atoms with E-state index in [0.717, 1.165) is 40.8 Å². The Labute approximate surface area is 147 Å². The van der Waals surface area contributed by atoms with Gasteiger partial charge < -0.3 is 14.2 Å². The maximum atomic E-state index is 6.22. The van der Waals surface area contributed by atoms with Crippen LogP contribution >= 0.6 is 22.6 Å². The molecule has 0 aromatic heterocycles. The van der Waals surface area contributed by atoms with Gasteiger partial charge in [-0.05, 0) is 43.5 Å². The lowest BCUT2D eigenvalue weighted by molar-refractivity contribution is -0.0351. The number of alkyl halides is 1. The van der Waals surface area contributed by atoms with Gasteiger partial charge in [0.15, 0.2) is 0 Å². The van der Waals surface area contributed by atoms with Gasteiger partial charge in [-0.2, -0.15) is 0 Å². The van der Waals surface area contributed by atoms with Crippen LogP contribution in [-0.2, 0) is 16.1 Å². The molecule has 1 heterocycles. The second-order valence-corrected chi connectivity index (χ2v) is 6.91. The van der Waals surface area contributed by atoms with E-state index in [2.05, 4.69) is 42.5 Å². The molecule has 0 N–H and O–H groups in total. The fourth-order valence-electron chi connectivity index (χ4n) is 2.76. The second kappa shape index (κ2) is 8.20. The van der Waals surface area contributed by atoms with E-state index < -0.39 is 0 Å². The summed E-state index contributed by atoms with van der Waals surface area (Å²) in [5.74, 6) is 1.86. The lowest BCUT2D eigenvalue weighted by atomic mass is 10.0. The molecule has 122 valence electrons. The van der Waals surface area contributed by atoms with E-state index in [9.17, 15) is 0 Å². The molecule has 2 rings (SSSR count). The number of methoxy groups -OCH3 is 1. The summed E-state index contributed by atoms with van der Waals surface area (Å²) in [4.78, 5) is 0. The standard InChI is InChI=1S/C18H25IO3/c1-4-10-18(2)12-17(16(22-18)9-11-19)21-13-14-5-7-15(20-3)8-6-14/h5-8,12,16H,4,9-11,13H2,1-3H3/t16-,18+/m0/s1. The van der Waals surface area contributed by atoms with Gasteiger partial charge in [0.25, 0.3) is 0 Å². The predicted octanol–water partition coefficient (Wildman–Crippen LogP) is 4.88. The molecular formula is C18H25IO3. The molecule has 2 atom stereocenters. The summed E-state index contributed by atoms with van der Waals surface area (Å²) >= 11 is 2.39. The van der Waals surface area contributed by atoms with Crippen molar-refractivity contribution in [2.24, 2.45) is 0 Å². The van der Waals surface area contributed by atoms with Crippen LogP contribution in [0.2, 0.25) is 0 Å². The molecule has 0 saturated heterocycles. The zero-order valence-electron chi connectivity index (χ0n) is 13.6. The number of halogens is 1. The van der Waals surface area contributed by atoms with Crippen molar-refractivity contribution in [2.75, 3.05) is 11.5 Å². The van der Waals surface area contributed by atoms with Crippen molar-refractivity contribution in [1.29, 1.82) is 0 Å². The molecule has 0 unspecified atom stereocenters. The number of ether oxygens (including phenoxy) is 3. The summed E-state index contributed by atoms with van der Waals surface area (Å²) in [5.41, 5.74) is 0.958. The van der Waals surface area contributed by atoms with Gasteiger partial charge in [0.2, 0.25) is 0 Å². The van der Waals surface area contributed by atoms with Crippen molar-refractivity contribution in [1.82, 2.24) is 0 Å². The summed E-state index contributed by atoms with van der Waals surface area (Å²) in [7, 11) is 1.68. The molecule has 0 aliphatic carbocycles. The quantitative estimate of drug-likeness (QED) is 0.447. The molecule has 0 saturated carbocycles. The maximum Gasteiger partial charge on any atom is 0.124 e. The first kappa shape index (κ1) is 17.6. The summed E-state index contributed by atoms with van der Waals surface area (Å²) in [6.45, 7) is 4.91. The first-order chi connectivity index (χ1) is 10.6. The Morgan fingerprint density at radius 1 is 1.27 bits per heavy atom. The van der Waals surface area contributed by atoms with E-state index in [1.54, 1.807) is 7.11 Å². The van der Waals surface area contributed by atoms with Gasteiger partial charge in [-0.1, -0.05) is 48.1 Å². The minimum absolute atomic E-state index is 0.0895. The SMILES string of the molecule is CCC[C@]1(C)C=C(OCc2ccc(OC)cc2)[C@H](CCI)O1. The van der Waals surface area contributed by atoms with Crippen LogP contribution in [0.15, 0.2) is 36.1 Å². The van der Waals surface area contributed by atoms with Gasteiger partial charge in [0.1, 0.15) is 24.2 Å². The van der Waals surface area contributed by atoms with E-state index in [1.165, 1.54) is 0 Å². The maximum absolute atomic E-state index is 6.22. The van der Waals surface area contributed by atoms with Crippen LogP contribution in [0.1, 0.15) is 38.7 Å². The molecule has 1 aromatic carbocycles. The first-order valence-electron chi connectivity index (χ1n) is 7.82. The molecule has 0 fully saturated rings. The Morgan fingerprint density at radius 2 is 2.00 bits per heavy atom. The molecule has 0 bridgehead atoms. The van der Waals surface area contributed by atoms with Crippen molar-refractivity contribution in [3.05, 3.63) is 41.7 Å². The summed E-state index contributed by atoms with van der Waals surface area (Å²) in [6.07, 6.45) is 5.40. The van der Waals surface area contributed by atoms with Gasteiger partial charge in [-0.3, -0.25) is 0 Å². The first-order valence-corrected chi connectivity index (χ1v) is 9.35. The van der Waals surface area contributed by atoms with Crippen LogP contribution in [0.4, 0.5) is 0 Å². The fraction of sp³-hybridized carbons (Fsp3) is 0.556. The normalized spacial score (nSPS) is 24.2. The number of hydrogen-bond donors (Lipinski definition) is 0. The minimum Gasteiger partial charge on any atom is -0.497 e. The summed E-state index contributed by atoms with van der Waals surface area (Å²) < 4.78 is 18.5. The van der Waals surface area contributed by atoms with Crippen LogP contribution in [0.25, 0.3) is 0 Å². The Kier molecular flexibility index (Phi) is 6.56. The summed E-state index contributed by atoms with van der Waals surface area (Å²) in [6, 6.07) is 7.99. The van der Waals surface area contributed by atoms with E-state index in [4.69, 9.17) is 14.2 Å². The average molecular weight is 416 g/mol. The third kappa shape index (κ3) is 4.62. The molecule has 1 aliphatic heterocycles. The van der Waals surface area contributed by atoms with Gasteiger partial charge in [0, 0.05) is 4.43 Å². The van der Waals surface area contributed by atoms with Gasteiger partial charge in [0.05, 0.1) is 12.7 Å². The highest BCUT2D eigenvalue weighted by molar-refractivity contribution is 14.1. The van der Waals surface area contributed by atoms with E-state index >= 15 is 0 Å². The Morgan fingerprint density at radius 3 is 2.59 bits per heavy atom. The third-order valence-corrected chi connectivity index (χ3v) is 4.48. The molecule has 1 aliphatic rings. The van der Waals surface area contributed by atoms with Crippen molar-refractivity contribution in [3.63, 3.8) is 0 Å². The smallest absolute Gasteiger partial charge is 0.124 e. The highest BCUT2D eigenvalue weighted by Crippen LogP contribution is 2.35. The molecule has 0 spiro atoms. The Balaban J connectivity index is 2.01. The Bertz CT molecular complexity index is 498. The van der Waals surface area contributed by atoms with Gasteiger partial charge in [-0.25, -0.2) is 0 Å². The van der Waals surface area contributed by atoms with Crippen LogP contribution in [-0.4, -0.2) is 23.2 Å². The van der Waals surface area contributed by atoms with E-state index in [1.807, 2.05) is 24.3 Å². The highest BCUT2D eigenvalue weighted by atomic mass is 127. The number of benzene rings is 1. The zero-order valence-corrected chi connectivity index (χ0v) is 15.8. The molecule has 22 heavy (non-hydrogen) atoms. The monoisotopic (exact) mass is 416 g/mol. The van der Waals surface area contributed by atoms with Crippen molar-refractivity contribution in [2.45, 2.75) is 51.4 Å². The lowest BCUT2D eigenvalue weighted by Gasteiger charge is -2.23. The van der Waals surface area contributed by atoms with Crippen LogP contribution in [0.5, 0.6) is 5.75 Å². The van der Waals surface area contributed by atoms with E-state index in [-0.39, 0.29) is 11.7 Å². The zero-order chi connectivity index (χ0) is 16.0. The highest BCUT2D eigenvalue weighted by Gasteiger charge is 2.36. The predicted molar refractivity (Wildman–Crippen MR) is 97.6 cm³/mol. The molecule has 1 aromatic rings. The molecule has 0 amide bonds. The van der Waals surface area contributed by atoms with E-state index in [0.29, 0.717) is 6.61 Å². The second-order valence-electron chi connectivity index (χ2n) is 5.83. The Hall–Kier alpha value is -0.750. The van der Waals surface area contributed by atoms with Crippen LogP contribution in [0.3, 0.4) is 0 Å². The van der Waals surface area contributed by atoms with Crippen molar-refractivity contribution >= 4 is 22.6 Å². The lowest BCUT2D eigenvalue weighted by Crippen LogP contribution is -2.25. The number of rotatable bonds is 8. The van der Waals surface area contributed by atoms with Gasteiger partial charge >= 0.3 is 0 Å². The molecule has 0 radical (unpaired) electrons. The molecule has 3 nitrogen and oxygen atoms in total. The van der Waals surface area contributed by atoms with Gasteiger partial charge in [-0.15, -0.1) is 0 Å². The summed E-state index contributed by atoms with van der Waals surface area (Å²) in [5, 5.41) is 0. The van der Waals surface area contributed by atoms with Crippen LogP contribution < -0.4 is 4.74 Å². The third-order valence-electron chi connectivity index (χ3n) is 3.86. The largest absolute Gasteiger partial charge is 0.497 e. The fourth-order valence-corrected chi connectivity index (χ4v) is 3.33. The molecule has 4 heteroatoms. The van der Waals surface area contributed by atoms with Crippen molar-refractivity contribution in [3.8, 4) is 5.75 Å². The van der Waals surface area contributed by atoms with Crippen molar-refractivity contribution < 1.29 is 14.2 Å². The minimum atomic E-state index is -0.180.